The number of ether oxygens (including phenoxy) is 4. The zero-order valence-corrected chi connectivity index (χ0v) is 52.4. The molecule has 468 valence electrons. The summed E-state index contributed by atoms with van der Waals surface area (Å²) in [5.74, 6) is 2.37. The van der Waals surface area contributed by atoms with E-state index in [1.165, 1.54) is 0 Å². The second kappa shape index (κ2) is 23.8. The fourth-order valence-corrected chi connectivity index (χ4v) is 13.6. The molecule has 17 rings (SSSR count). The van der Waals surface area contributed by atoms with Crippen LogP contribution in [0.2, 0.25) is 0 Å². The summed E-state index contributed by atoms with van der Waals surface area (Å²) >= 11 is 0. The molecule has 3 saturated heterocycles. The molecular formula is C68H70N18O6. The number of imidazole rings is 3. The first-order valence-electron chi connectivity index (χ1n) is 31.4. The van der Waals surface area contributed by atoms with Crippen LogP contribution in [-0.2, 0) is 0 Å². The van der Waals surface area contributed by atoms with E-state index in [9.17, 15) is 14.9 Å². The Hall–Kier alpha value is -10.4. The van der Waals surface area contributed by atoms with Gasteiger partial charge in [-0.3, -0.25) is 22.8 Å². The third-order valence-corrected chi connectivity index (χ3v) is 18.4. The van der Waals surface area contributed by atoms with Gasteiger partial charge in [0.2, 0.25) is 13.6 Å². The Morgan fingerprint density at radius 2 is 0.837 bits per heavy atom. The molecule has 0 spiro atoms. The normalized spacial score (nSPS) is 16.5. The van der Waals surface area contributed by atoms with Crippen LogP contribution >= 0.6 is 0 Å². The molecule has 2 N–H and O–H groups in total. The van der Waals surface area contributed by atoms with Crippen LogP contribution in [0.1, 0.15) is 51.1 Å². The van der Waals surface area contributed by atoms with Gasteiger partial charge < -0.3 is 59.0 Å². The number of nitriles is 1. The number of nitrogens with zero attached hydrogens (tertiary/aromatic N) is 16. The minimum atomic E-state index is -0.183. The predicted molar refractivity (Wildman–Crippen MR) is 355 cm³/mol. The van der Waals surface area contributed by atoms with Gasteiger partial charge in [0, 0.05) is 149 Å². The number of aromatic nitrogens is 9. The average Bonchev–Trinajstić information content (AvgIpc) is 1.54. The SMILES string of the molecule is CN1CCCN(c2ccnc3c2cc(C#N)c2nc4cc5c(cc4n23)OCO5)CC1.CNC(=O)c1cc2c(N3CCCN(C)CC3)ccnc2n2c1nc1cc3c(cc12)OCO3.CNC(=O)c1cc2c(N3CCCN(C)CC3)ccnc2n2c1nc1ccc(C)cc12. The zero-order valence-electron chi connectivity index (χ0n) is 52.4. The number of aryl methyl sites for hydroxylation is 1. The lowest BCUT2D eigenvalue weighted by atomic mass is 10.1. The highest BCUT2D eigenvalue weighted by Gasteiger charge is 2.28. The third kappa shape index (κ3) is 10.2. The highest BCUT2D eigenvalue weighted by atomic mass is 16.7. The van der Waals surface area contributed by atoms with Crippen LogP contribution in [0.3, 0.4) is 0 Å². The van der Waals surface area contributed by atoms with Crippen molar-refractivity contribution >= 4 is 112 Å². The summed E-state index contributed by atoms with van der Waals surface area (Å²) in [6.45, 7) is 14.5. The van der Waals surface area contributed by atoms with Crippen molar-refractivity contribution in [3.8, 4) is 29.1 Å². The fraction of sp³-hybridized carbons (Fsp3) is 0.338. The van der Waals surface area contributed by atoms with Gasteiger partial charge in [0.1, 0.15) is 23.0 Å². The van der Waals surface area contributed by atoms with E-state index in [4.69, 9.17) is 48.9 Å². The molecule has 0 atom stereocenters. The van der Waals surface area contributed by atoms with Gasteiger partial charge in [0.15, 0.2) is 39.9 Å². The van der Waals surface area contributed by atoms with Crippen molar-refractivity contribution < 1.29 is 28.5 Å². The summed E-state index contributed by atoms with van der Waals surface area (Å²) in [4.78, 5) is 68.4. The molecule has 92 heavy (non-hydrogen) atoms. The van der Waals surface area contributed by atoms with E-state index in [-0.39, 0.29) is 25.4 Å². The average molecular weight is 1240 g/mol. The van der Waals surface area contributed by atoms with E-state index in [2.05, 4.69) is 92.4 Å². The number of benzene rings is 3. The second-order valence-corrected chi connectivity index (χ2v) is 24.3. The smallest absolute Gasteiger partial charge is 0.254 e. The fourth-order valence-electron chi connectivity index (χ4n) is 13.6. The largest absolute Gasteiger partial charge is 0.454 e. The minimum absolute atomic E-state index is 0.140. The van der Waals surface area contributed by atoms with Crippen molar-refractivity contribution in [2.45, 2.75) is 26.2 Å². The van der Waals surface area contributed by atoms with Gasteiger partial charge in [-0.05, 0) is 121 Å². The monoisotopic (exact) mass is 1230 g/mol. The third-order valence-electron chi connectivity index (χ3n) is 18.4. The maximum Gasteiger partial charge on any atom is 0.254 e. The number of hydrogen-bond acceptors (Lipinski definition) is 19. The first-order valence-corrected chi connectivity index (χ1v) is 31.4. The van der Waals surface area contributed by atoms with E-state index in [1.807, 2.05) is 92.5 Å². The molecule has 9 aromatic heterocycles. The van der Waals surface area contributed by atoms with Crippen molar-refractivity contribution in [1.82, 2.24) is 68.4 Å². The second-order valence-electron chi connectivity index (χ2n) is 24.3. The Morgan fingerprint density at radius 3 is 1.27 bits per heavy atom. The molecule has 2 amide bonds. The van der Waals surface area contributed by atoms with Crippen LogP contribution in [0.15, 0.2) is 97.5 Å². The molecule has 0 saturated carbocycles. The maximum absolute atomic E-state index is 12.9. The summed E-state index contributed by atoms with van der Waals surface area (Å²) in [7, 11) is 9.78. The van der Waals surface area contributed by atoms with Crippen LogP contribution in [0.4, 0.5) is 17.1 Å². The number of pyridine rings is 6. The van der Waals surface area contributed by atoms with Crippen molar-refractivity contribution in [3.63, 3.8) is 0 Å². The number of anilines is 3. The number of fused-ring (bicyclic) bond motifs is 17. The number of rotatable bonds is 5. The molecule has 0 unspecified atom stereocenters. The molecule has 24 nitrogen and oxygen atoms in total. The minimum Gasteiger partial charge on any atom is -0.454 e. The van der Waals surface area contributed by atoms with E-state index < -0.39 is 0 Å². The highest BCUT2D eigenvalue weighted by molar-refractivity contribution is 6.09. The van der Waals surface area contributed by atoms with Crippen molar-refractivity contribution in [2.75, 3.05) is 142 Å². The lowest BCUT2D eigenvalue weighted by molar-refractivity contribution is 0.0956. The van der Waals surface area contributed by atoms with Crippen LogP contribution in [0, 0.1) is 18.3 Å². The van der Waals surface area contributed by atoms with E-state index >= 15 is 0 Å². The summed E-state index contributed by atoms with van der Waals surface area (Å²) < 4.78 is 28.2. The van der Waals surface area contributed by atoms with Gasteiger partial charge in [0.05, 0.1) is 49.8 Å². The van der Waals surface area contributed by atoms with Gasteiger partial charge in [-0.15, -0.1) is 0 Å². The number of hydrogen-bond donors (Lipinski definition) is 2. The van der Waals surface area contributed by atoms with Crippen molar-refractivity contribution in [2.24, 2.45) is 0 Å². The number of carbonyl (C=O) groups excluding carboxylic acids is 2. The van der Waals surface area contributed by atoms with E-state index in [0.29, 0.717) is 56.6 Å². The summed E-state index contributed by atoms with van der Waals surface area (Å²) in [5.41, 5.74) is 15.3. The molecule has 5 aliphatic heterocycles. The van der Waals surface area contributed by atoms with Crippen LogP contribution in [-0.4, -0.2) is 197 Å². The molecule has 12 aromatic rings. The van der Waals surface area contributed by atoms with Gasteiger partial charge in [-0.1, -0.05) is 6.07 Å². The van der Waals surface area contributed by atoms with Crippen LogP contribution in [0.25, 0.3) is 83.1 Å². The standard InChI is InChI=1S/C23H24N6O3.C23H26N6O.C22H20N6O2/c1-24-23(30)15-10-14-17(28-7-3-6-27(2)8-9-28)4-5-25-21(14)29-18-12-20-19(31-13-32-20)11-16(18)26-22(15)29;1-15-5-6-18-20(13-15)29-21-16(14-17(22(29)26-18)23(30)24-2)19(7-8-25-21)28-10-4-9-27(3)11-12-28;1-26-5-2-6-27(8-7-26)17-3-4-24-22-15(17)9-14(12-23)21-25-16-10-19-20(30-13-29-19)11-18(16)28(21)22/h4-5,10-12H,3,6-9,13H2,1-2H3,(H,24,30);5-8,13-14H,4,9-12H2,1-3H3,(H,24,30);3-4,9-11H,2,5-8,13H2,1H3. The number of nitrogens with one attached hydrogen (secondary N) is 2. The molecule has 0 aliphatic carbocycles. The quantitative estimate of drug-likeness (QED) is 0.167. The number of amides is 2. The molecule has 0 radical (unpaired) electrons. The van der Waals surface area contributed by atoms with Crippen LogP contribution < -0.4 is 44.3 Å². The molecule has 5 aliphatic rings. The highest BCUT2D eigenvalue weighted by Crippen LogP contribution is 2.41. The first kappa shape index (κ1) is 58.0. The first-order chi connectivity index (χ1) is 44.9. The predicted octanol–water partition coefficient (Wildman–Crippen LogP) is 7.89. The van der Waals surface area contributed by atoms with Gasteiger partial charge in [0.25, 0.3) is 11.8 Å². The van der Waals surface area contributed by atoms with Gasteiger partial charge in [-0.2, -0.15) is 5.26 Å². The molecular weight excluding hydrogens is 1160 g/mol. The summed E-state index contributed by atoms with van der Waals surface area (Å²) in [6, 6.07) is 28.0. The molecule has 0 bridgehead atoms. The Morgan fingerprint density at radius 1 is 0.446 bits per heavy atom. The lowest BCUT2D eigenvalue weighted by Gasteiger charge is -2.24. The zero-order chi connectivity index (χ0) is 62.9. The summed E-state index contributed by atoms with van der Waals surface area (Å²) in [6.07, 6.45) is 8.85. The topological polar surface area (TPSA) is 229 Å². The number of likely N-dealkylation sites (N-methyl/N-ethyl adjacent to an activating group) is 3. The van der Waals surface area contributed by atoms with Crippen molar-refractivity contribution in [1.29, 1.82) is 5.26 Å². The molecule has 3 aromatic carbocycles. The Kier molecular flexibility index (Phi) is 15.0. The molecule has 24 heteroatoms. The lowest BCUT2D eigenvalue weighted by Crippen LogP contribution is -2.29. The van der Waals surface area contributed by atoms with Crippen molar-refractivity contribution in [3.05, 3.63) is 120 Å². The van der Waals surface area contributed by atoms with Crippen LogP contribution in [0.5, 0.6) is 23.0 Å². The number of carbonyl (C=O) groups is 2. The Balaban J connectivity index is 0.000000115. The Labute approximate surface area is 529 Å². The molecule has 3 fully saturated rings. The van der Waals surface area contributed by atoms with E-state index in [0.717, 1.165) is 187 Å². The van der Waals surface area contributed by atoms with Gasteiger partial charge in [-0.25, -0.2) is 29.9 Å². The van der Waals surface area contributed by atoms with Gasteiger partial charge >= 0.3 is 0 Å². The molecule has 14 heterocycles. The summed E-state index contributed by atoms with van der Waals surface area (Å²) in [5, 5.41) is 18.3. The Bertz CT molecular complexity index is 5000. The van der Waals surface area contributed by atoms with E-state index in [1.54, 1.807) is 14.1 Å². The maximum atomic E-state index is 12.9.